The third-order valence-corrected chi connectivity index (χ3v) is 5.38. The van der Waals surface area contributed by atoms with Gasteiger partial charge < -0.3 is 0 Å². The average molecular weight is 460 g/mol. The Morgan fingerprint density at radius 2 is 1.68 bits per heavy atom. The lowest BCUT2D eigenvalue weighted by molar-refractivity contribution is 0.0487. The summed E-state index contributed by atoms with van der Waals surface area (Å²) in [5.74, 6) is 0. The van der Waals surface area contributed by atoms with Crippen molar-refractivity contribution >= 4 is 0 Å². The van der Waals surface area contributed by atoms with Crippen molar-refractivity contribution in [3.8, 4) is 28.5 Å². The van der Waals surface area contributed by atoms with Gasteiger partial charge in [-0.05, 0) is 48.9 Å². The molecule has 2 aromatic carbocycles. The van der Waals surface area contributed by atoms with E-state index in [-0.39, 0.29) is 11.1 Å². The van der Waals surface area contributed by atoms with Crippen molar-refractivity contribution in [1.82, 2.24) is 28.9 Å². The molecular formula is C24H18F2N6O2. The first-order valence-corrected chi connectivity index (χ1v) is 10.3. The van der Waals surface area contributed by atoms with Crippen molar-refractivity contribution in [2.75, 3.05) is 0 Å². The zero-order valence-electron chi connectivity index (χ0n) is 17.9. The molecule has 0 atom stereocenters. The van der Waals surface area contributed by atoms with Gasteiger partial charge in [0, 0.05) is 24.5 Å². The first-order valence-electron chi connectivity index (χ1n) is 10.3. The molecule has 0 saturated heterocycles. The molecule has 34 heavy (non-hydrogen) atoms. The van der Waals surface area contributed by atoms with E-state index in [1.165, 1.54) is 16.9 Å². The SMILES string of the molecule is Cc1cc(-n2c(=O)ccn2C(F)F)ccc1-n1ccc(=O)c(-c2ccnn2-c2ccccc2)n1. The van der Waals surface area contributed by atoms with Gasteiger partial charge in [0.15, 0.2) is 5.69 Å². The maximum Gasteiger partial charge on any atom is 0.332 e. The molecule has 0 saturated carbocycles. The molecule has 0 unspecified atom stereocenters. The number of halogens is 2. The second kappa shape index (κ2) is 8.39. The Morgan fingerprint density at radius 1 is 0.882 bits per heavy atom. The number of hydrogen-bond acceptors (Lipinski definition) is 4. The number of aromatic nitrogens is 6. The largest absolute Gasteiger partial charge is 0.332 e. The fourth-order valence-electron chi connectivity index (χ4n) is 3.81. The Bertz CT molecular complexity index is 1600. The predicted molar refractivity (Wildman–Crippen MR) is 122 cm³/mol. The highest BCUT2D eigenvalue weighted by molar-refractivity contribution is 5.57. The zero-order valence-corrected chi connectivity index (χ0v) is 17.9. The number of aryl methyl sites for hydroxylation is 1. The van der Waals surface area contributed by atoms with Crippen LogP contribution in [0.3, 0.4) is 0 Å². The van der Waals surface area contributed by atoms with E-state index >= 15 is 0 Å². The van der Waals surface area contributed by atoms with Crippen LogP contribution in [0.1, 0.15) is 12.1 Å². The fourth-order valence-corrected chi connectivity index (χ4v) is 3.81. The molecule has 0 spiro atoms. The van der Waals surface area contributed by atoms with Gasteiger partial charge in [-0.1, -0.05) is 18.2 Å². The van der Waals surface area contributed by atoms with E-state index in [9.17, 15) is 18.4 Å². The molecule has 170 valence electrons. The molecule has 0 aliphatic rings. The highest BCUT2D eigenvalue weighted by atomic mass is 19.3. The normalized spacial score (nSPS) is 11.3. The second-order valence-electron chi connectivity index (χ2n) is 7.53. The number of para-hydroxylation sites is 1. The van der Waals surface area contributed by atoms with E-state index < -0.39 is 12.1 Å². The van der Waals surface area contributed by atoms with Gasteiger partial charge in [0.1, 0.15) is 0 Å². The first kappa shape index (κ1) is 21.3. The number of benzene rings is 2. The van der Waals surface area contributed by atoms with E-state index in [0.717, 1.165) is 22.6 Å². The molecule has 0 aliphatic heterocycles. The minimum Gasteiger partial charge on any atom is -0.287 e. The summed E-state index contributed by atoms with van der Waals surface area (Å²) in [6.07, 6.45) is 4.17. The molecule has 10 heteroatoms. The van der Waals surface area contributed by atoms with Crippen LogP contribution in [-0.4, -0.2) is 28.9 Å². The van der Waals surface area contributed by atoms with Gasteiger partial charge in [-0.25, -0.2) is 18.7 Å². The van der Waals surface area contributed by atoms with Crippen LogP contribution in [-0.2, 0) is 0 Å². The minimum absolute atomic E-state index is 0.204. The van der Waals surface area contributed by atoms with Crippen LogP contribution in [0.15, 0.2) is 94.9 Å². The van der Waals surface area contributed by atoms with Gasteiger partial charge in [0.2, 0.25) is 5.43 Å². The van der Waals surface area contributed by atoms with E-state index in [0.29, 0.717) is 27.3 Å². The van der Waals surface area contributed by atoms with Crippen LogP contribution in [0, 0.1) is 6.92 Å². The molecule has 3 heterocycles. The maximum atomic E-state index is 13.3. The molecule has 0 aliphatic carbocycles. The molecular weight excluding hydrogens is 442 g/mol. The molecule has 0 amide bonds. The zero-order chi connectivity index (χ0) is 23.8. The minimum atomic E-state index is -2.86. The van der Waals surface area contributed by atoms with E-state index in [1.54, 1.807) is 42.1 Å². The molecule has 3 aromatic heterocycles. The summed E-state index contributed by atoms with van der Waals surface area (Å²) in [7, 11) is 0. The Labute approximate surface area is 191 Å². The summed E-state index contributed by atoms with van der Waals surface area (Å²) < 4.78 is 31.2. The number of hydrogen-bond donors (Lipinski definition) is 0. The predicted octanol–water partition coefficient (Wildman–Crippen LogP) is 3.74. The van der Waals surface area contributed by atoms with E-state index in [1.807, 2.05) is 30.3 Å². The van der Waals surface area contributed by atoms with Crippen molar-refractivity contribution < 1.29 is 8.78 Å². The third-order valence-electron chi connectivity index (χ3n) is 5.38. The number of rotatable bonds is 5. The quantitative estimate of drug-likeness (QED) is 0.400. The molecule has 0 N–H and O–H groups in total. The summed E-state index contributed by atoms with van der Waals surface area (Å²) in [4.78, 5) is 24.8. The van der Waals surface area contributed by atoms with Crippen molar-refractivity contribution in [2.24, 2.45) is 0 Å². The van der Waals surface area contributed by atoms with E-state index in [2.05, 4.69) is 10.2 Å². The monoisotopic (exact) mass is 460 g/mol. The van der Waals surface area contributed by atoms with Gasteiger partial charge in [-0.15, -0.1) is 0 Å². The first-order chi connectivity index (χ1) is 16.4. The van der Waals surface area contributed by atoms with Gasteiger partial charge in [0.25, 0.3) is 5.56 Å². The molecule has 5 aromatic rings. The van der Waals surface area contributed by atoms with Crippen molar-refractivity contribution in [3.05, 3.63) is 111 Å². The van der Waals surface area contributed by atoms with Crippen molar-refractivity contribution in [3.63, 3.8) is 0 Å². The topological polar surface area (TPSA) is 79.6 Å². The smallest absolute Gasteiger partial charge is 0.287 e. The van der Waals surface area contributed by atoms with Crippen molar-refractivity contribution in [2.45, 2.75) is 13.5 Å². The summed E-state index contributed by atoms with van der Waals surface area (Å²) in [5, 5.41) is 8.86. The Morgan fingerprint density at radius 3 is 2.41 bits per heavy atom. The third kappa shape index (κ3) is 3.64. The second-order valence-corrected chi connectivity index (χ2v) is 7.53. The molecule has 8 nitrogen and oxygen atoms in total. The Balaban J connectivity index is 1.58. The van der Waals surface area contributed by atoms with Gasteiger partial charge >= 0.3 is 6.55 Å². The Kier molecular flexibility index (Phi) is 5.25. The maximum absolute atomic E-state index is 13.3. The number of nitrogens with zero attached hydrogens (tertiary/aromatic N) is 6. The lowest BCUT2D eigenvalue weighted by Crippen LogP contribution is -2.21. The highest BCUT2D eigenvalue weighted by Crippen LogP contribution is 2.21. The number of alkyl halides is 2. The average Bonchev–Trinajstić information content (AvgIpc) is 3.47. The molecule has 0 radical (unpaired) electrons. The van der Waals surface area contributed by atoms with Crippen LogP contribution in [0.2, 0.25) is 0 Å². The lowest BCUT2D eigenvalue weighted by Gasteiger charge is -2.15. The van der Waals surface area contributed by atoms with Crippen LogP contribution >= 0.6 is 0 Å². The highest BCUT2D eigenvalue weighted by Gasteiger charge is 2.16. The summed E-state index contributed by atoms with van der Waals surface area (Å²) in [6, 6.07) is 18.4. The fraction of sp³-hybridized carbons (Fsp3) is 0.0833. The lowest BCUT2D eigenvalue weighted by atomic mass is 10.1. The van der Waals surface area contributed by atoms with Crippen LogP contribution in [0.5, 0.6) is 0 Å². The molecule has 0 fully saturated rings. The molecule has 5 rings (SSSR count). The standard InChI is InChI=1S/C24H18F2N6O2/c1-16-15-18(32-22(34)11-14-30(32)24(25)26)7-8-19(16)29-13-10-21(33)23(28-29)20-9-12-27-31(20)17-5-3-2-4-6-17/h2-15,24H,1H3. The summed E-state index contributed by atoms with van der Waals surface area (Å²) in [5.41, 5.74) is 2.27. The molecule has 0 bridgehead atoms. The summed E-state index contributed by atoms with van der Waals surface area (Å²) in [6.45, 7) is -1.09. The van der Waals surface area contributed by atoms with Crippen molar-refractivity contribution in [1.29, 1.82) is 0 Å². The Hall–Kier alpha value is -4.60. The van der Waals surface area contributed by atoms with Gasteiger partial charge in [0.05, 0.1) is 29.0 Å². The van der Waals surface area contributed by atoms with Gasteiger partial charge in [-0.3, -0.25) is 9.59 Å². The van der Waals surface area contributed by atoms with Crippen LogP contribution < -0.4 is 11.0 Å². The summed E-state index contributed by atoms with van der Waals surface area (Å²) >= 11 is 0. The van der Waals surface area contributed by atoms with Crippen LogP contribution in [0.25, 0.3) is 28.5 Å². The van der Waals surface area contributed by atoms with Gasteiger partial charge in [-0.2, -0.15) is 19.0 Å². The van der Waals surface area contributed by atoms with Crippen LogP contribution in [0.4, 0.5) is 8.78 Å². The van der Waals surface area contributed by atoms with E-state index in [4.69, 9.17) is 0 Å².